The van der Waals surface area contributed by atoms with Gasteiger partial charge >= 0.3 is 0 Å². The molecule has 1 unspecified atom stereocenters. The maximum Gasteiger partial charge on any atom is 0.224 e. The summed E-state index contributed by atoms with van der Waals surface area (Å²) in [6.07, 6.45) is 1.47. The van der Waals surface area contributed by atoms with Crippen LogP contribution in [0.2, 0.25) is 5.02 Å². The Morgan fingerprint density at radius 3 is 2.72 bits per heavy atom. The van der Waals surface area contributed by atoms with Crippen LogP contribution in [0.5, 0.6) is 0 Å². The normalized spacial score (nSPS) is 18.5. The van der Waals surface area contributed by atoms with Crippen LogP contribution in [0.25, 0.3) is 10.1 Å². The number of rotatable bonds is 4. The SMILES string of the molecule is CC1CC(=O)Nc2cc(Cl)c(CCN3CCN(c4nsc5ccccc45)CC3)cc21.Cl.O. The van der Waals surface area contributed by atoms with Crippen molar-refractivity contribution >= 4 is 63.0 Å². The first-order valence-corrected chi connectivity index (χ1v) is 11.7. The number of nitrogens with one attached hydrogen (secondary N) is 1. The highest BCUT2D eigenvalue weighted by molar-refractivity contribution is 7.13. The third-order valence-electron chi connectivity index (χ3n) is 6.24. The largest absolute Gasteiger partial charge is 0.412 e. The summed E-state index contributed by atoms with van der Waals surface area (Å²) in [5.41, 5.74) is 3.25. The van der Waals surface area contributed by atoms with Crippen LogP contribution in [0, 0.1) is 0 Å². The molecular weight excluding hydrogens is 467 g/mol. The van der Waals surface area contributed by atoms with Crippen molar-refractivity contribution in [1.29, 1.82) is 0 Å². The predicted molar refractivity (Wildman–Crippen MR) is 136 cm³/mol. The van der Waals surface area contributed by atoms with Crippen molar-refractivity contribution in [1.82, 2.24) is 9.27 Å². The highest BCUT2D eigenvalue weighted by Gasteiger charge is 2.24. The van der Waals surface area contributed by atoms with Crippen molar-refractivity contribution in [2.24, 2.45) is 0 Å². The molecule has 1 fully saturated rings. The first kappa shape index (κ1) is 24.7. The maximum atomic E-state index is 11.8. The number of amides is 1. The number of carbonyl (C=O) groups excluding carboxylic acids is 1. The second kappa shape index (κ2) is 10.4. The first-order chi connectivity index (χ1) is 14.6. The Bertz CT molecular complexity index is 1100. The molecule has 2 aromatic carbocycles. The molecule has 5 rings (SSSR count). The number of piperazine rings is 1. The molecule has 0 spiro atoms. The quantitative estimate of drug-likeness (QED) is 0.584. The molecule has 3 aromatic rings. The molecule has 32 heavy (non-hydrogen) atoms. The fraction of sp³-hybridized carbons (Fsp3) is 0.391. The number of halogens is 2. The van der Waals surface area contributed by atoms with Gasteiger partial charge in [-0.25, -0.2) is 0 Å². The molecule has 1 saturated heterocycles. The van der Waals surface area contributed by atoms with E-state index in [9.17, 15) is 4.79 Å². The second-order valence-electron chi connectivity index (χ2n) is 8.27. The maximum absolute atomic E-state index is 11.8. The van der Waals surface area contributed by atoms with Crippen molar-refractivity contribution in [2.75, 3.05) is 42.9 Å². The van der Waals surface area contributed by atoms with E-state index in [0.717, 1.165) is 55.7 Å². The topological polar surface area (TPSA) is 80.0 Å². The number of hydrogen-bond donors (Lipinski definition) is 1. The van der Waals surface area contributed by atoms with Crippen molar-refractivity contribution < 1.29 is 10.3 Å². The van der Waals surface area contributed by atoms with Crippen molar-refractivity contribution in [3.05, 3.63) is 52.5 Å². The Kier molecular flexibility index (Phi) is 8.01. The Morgan fingerprint density at radius 1 is 1.19 bits per heavy atom. The molecule has 2 aliphatic heterocycles. The minimum Gasteiger partial charge on any atom is -0.412 e. The van der Waals surface area contributed by atoms with Crippen LogP contribution in [0.4, 0.5) is 11.5 Å². The van der Waals surface area contributed by atoms with Gasteiger partial charge < -0.3 is 15.7 Å². The monoisotopic (exact) mass is 494 g/mol. The zero-order valence-corrected chi connectivity index (χ0v) is 20.3. The van der Waals surface area contributed by atoms with Gasteiger partial charge in [0.05, 0.1) is 4.70 Å². The van der Waals surface area contributed by atoms with Crippen LogP contribution in [0.3, 0.4) is 0 Å². The van der Waals surface area contributed by atoms with Gasteiger partial charge in [-0.3, -0.25) is 9.69 Å². The van der Waals surface area contributed by atoms with E-state index in [-0.39, 0.29) is 29.7 Å². The zero-order valence-electron chi connectivity index (χ0n) is 17.9. The zero-order chi connectivity index (χ0) is 20.7. The molecule has 9 heteroatoms. The van der Waals surface area contributed by atoms with Gasteiger partial charge in [-0.1, -0.05) is 36.7 Å². The van der Waals surface area contributed by atoms with Gasteiger partial charge in [0.1, 0.15) is 5.82 Å². The molecule has 3 N–H and O–H groups in total. The van der Waals surface area contributed by atoms with Crippen molar-refractivity contribution in [3.8, 4) is 0 Å². The Balaban J connectivity index is 0.00000144. The standard InChI is InChI=1S/C23H25ClN4OS.ClH.H2O/c1-15-12-22(29)25-20-14-19(24)16(13-18(15)20)6-7-27-8-10-28(11-9-27)23-17-4-2-3-5-21(17)30-26-23;;/h2-5,13-15H,6-12H2,1H3,(H,25,29);1H;1H2. The van der Waals surface area contributed by atoms with Gasteiger partial charge in [-0.2, -0.15) is 4.37 Å². The van der Waals surface area contributed by atoms with E-state index in [1.807, 2.05) is 6.07 Å². The summed E-state index contributed by atoms with van der Waals surface area (Å²) in [6, 6.07) is 12.6. The van der Waals surface area contributed by atoms with E-state index in [2.05, 4.69) is 52.4 Å². The lowest BCUT2D eigenvalue weighted by molar-refractivity contribution is -0.116. The summed E-state index contributed by atoms with van der Waals surface area (Å²) in [4.78, 5) is 16.7. The lowest BCUT2D eigenvalue weighted by Crippen LogP contribution is -2.47. The summed E-state index contributed by atoms with van der Waals surface area (Å²) in [6.45, 7) is 7.15. The fourth-order valence-electron chi connectivity index (χ4n) is 4.50. The van der Waals surface area contributed by atoms with E-state index in [4.69, 9.17) is 16.0 Å². The molecule has 1 aromatic heterocycles. The fourth-order valence-corrected chi connectivity index (χ4v) is 5.55. The smallest absolute Gasteiger partial charge is 0.224 e. The van der Waals surface area contributed by atoms with Crippen molar-refractivity contribution in [3.63, 3.8) is 0 Å². The van der Waals surface area contributed by atoms with Crippen LogP contribution in [-0.4, -0.2) is 53.4 Å². The van der Waals surface area contributed by atoms with E-state index >= 15 is 0 Å². The van der Waals surface area contributed by atoms with E-state index < -0.39 is 0 Å². The second-order valence-corrected chi connectivity index (χ2v) is 9.48. The van der Waals surface area contributed by atoms with Crippen LogP contribution in [0.15, 0.2) is 36.4 Å². The molecule has 0 bridgehead atoms. The number of benzene rings is 2. The summed E-state index contributed by atoms with van der Waals surface area (Å²) in [5.74, 6) is 1.44. The number of aromatic nitrogens is 1. The van der Waals surface area contributed by atoms with Crippen LogP contribution in [-0.2, 0) is 11.2 Å². The Hall–Kier alpha value is -1.90. The summed E-state index contributed by atoms with van der Waals surface area (Å²) in [5, 5.41) is 4.96. The lowest BCUT2D eigenvalue weighted by atomic mass is 9.90. The minimum absolute atomic E-state index is 0. The van der Waals surface area contributed by atoms with Crippen LogP contribution < -0.4 is 10.2 Å². The van der Waals surface area contributed by atoms with E-state index in [0.29, 0.717) is 6.42 Å². The lowest BCUT2D eigenvalue weighted by Gasteiger charge is -2.35. The number of fused-ring (bicyclic) bond motifs is 2. The van der Waals surface area contributed by atoms with Gasteiger partial charge in [0.25, 0.3) is 0 Å². The molecule has 6 nitrogen and oxygen atoms in total. The van der Waals surface area contributed by atoms with Crippen LogP contribution >= 0.6 is 35.5 Å². The van der Waals surface area contributed by atoms with Gasteiger partial charge in [-0.05, 0) is 53.2 Å². The summed E-state index contributed by atoms with van der Waals surface area (Å²) >= 11 is 8.12. The predicted octanol–water partition coefficient (Wildman–Crippen LogP) is 4.36. The molecule has 0 aliphatic carbocycles. The van der Waals surface area contributed by atoms with E-state index in [1.165, 1.54) is 21.2 Å². The van der Waals surface area contributed by atoms with E-state index in [1.54, 1.807) is 11.5 Å². The number of anilines is 2. The summed E-state index contributed by atoms with van der Waals surface area (Å²) in [7, 11) is 0. The van der Waals surface area contributed by atoms with Crippen LogP contribution in [0.1, 0.15) is 30.4 Å². The van der Waals surface area contributed by atoms with Gasteiger partial charge in [-0.15, -0.1) is 12.4 Å². The van der Waals surface area contributed by atoms with Gasteiger partial charge in [0, 0.05) is 55.2 Å². The summed E-state index contributed by atoms with van der Waals surface area (Å²) < 4.78 is 5.96. The average molecular weight is 495 g/mol. The van der Waals surface area contributed by atoms with Gasteiger partial charge in [0.2, 0.25) is 5.91 Å². The Morgan fingerprint density at radius 2 is 1.94 bits per heavy atom. The van der Waals surface area contributed by atoms with Crippen molar-refractivity contribution in [2.45, 2.75) is 25.7 Å². The molecule has 3 heterocycles. The molecule has 0 saturated carbocycles. The molecule has 0 radical (unpaired) electrons. The Labute approximate surface area is 203 Å². The molecule has 2 aliphatic rings. The third kappa shape index (κ3) is 4.87. The highest BCUT2D eigenvalue weighted by Crippen LogP contribution is 2.36. The number of nitrogens with zero attached hydrogens (tertiary/aromatic N) is 3. The number of hydrogen-bond acceptors (Lipinski definition) is 5. The average Bonchev–Trinajstić information content (AvgIpc) is 3.17. The third-order valence-corrected chi connectivity index (χ3v) is 7.41. The molecule has 1 amide bonds. The minimum atomic E-state index is 0. The highest BCUT2D eigenvalue weighted by atomic mass is 35.5. The first-order valence-electron chi connectivity index (χ1n) is 10.5. The van der Waals surface area contributed by atoms with Gasteiger partial charge in [0.15, 0.2) is 0 Å². The number of carbonyl (C=O) groups is 1. The molecule has 1 atom stereocenters. The molecular formula is C23H28Cl2N4O2S. The molecule has 172 valence electrons.